The lowest BCUT2D eigenvalue weighted by molar-refractivity contribution is 0.144. The Morgan fingerprint density at radius 1 is 1.21 bits per heavy atom. The van der Waals surface area contributed by atoms with E-state index in [1.54, 1.807) is 18.3 Å². The van der Waals surface area contributed by atoms with Crippen molar-refractivity contribution in [3.05, 3.63) is 11.1 Å². The molecule has 3 nitrogen and oxygen atoms in total. The lowest BCUT2D eigenvalue weighted by atomic mass is 9.68. The summed E-state index contributed by atoms with van der Waals surface area (Å²) in [4.78, 5) is 6.97. The third-order valence-corrected chi connectivity index (χ3v) is 5.87. The van der Waals surface area contributed by atoms with Gasteiger partial charge in [-0.25, -0.2) is 4.98 Å². The number of thiazole rings is 1. The van der Waals surface area contributed by atoms with E-state index < -0.39 is 6.10 Å². The lowest BCUT2D eigenvalue weighted by Gasteiger charge is -2.44. The van der Waals surface area contributed by atoms with E-state index in [9.17, 15) is 5.11 Å². The van der Waals surface area contributed by atoms with Crippen LogP contribution in [0.25, 0.3) is 0 Å². The summed E-state index contributed by atoms with van der Waals surface area (Å²) >= 11 is 1.67. The predicted molar refractivity (Wildman–Crippen MR) is 79.7 cm³/mol. The molecule has 1 spiro atoms. The van der Waals surface area contributed by atoms with Gasteiger partial charge >= 0.3 is 0 Å². The van der Waals surface area contributed by atoms with Crippen LogP contribution in [0.5, 0.6) is 0 Å². The minimum atomic E-state index is -0.445. The summed E-state index contributed by atoms with van der Waals surface area (Å²) in [6.07, 6.45) is 9.41. The van der Waals surface area contributed by atoms with Crippen LogP contribution in [-0.2, 0) is 0 Å². The molecule has 0 bridgehead atoms. The van der Waals surface area contributed by atoms with Crippen LogP contribution >= 0.6 is 11.3 Å². The summed E-state index contributed by atoms with van der Waals surface area (Å²) in [5.41, 5.74) is 1.47. The van der Waals surface area contributed by atoms with E-state index in [0.29, 0.717) is 5.41 Å². The standard InChI is InChI=1S/C15H24N2OS/c1-12(18)13-11-19-14(16-13)17-9-7-15(8-10-17)5-3-2-4-6-15/h11-12,18H,2-10H2,1H3. The molecule has 3 rings (SSSR count). The Balaban J connectivity index is 1.62. The minimum Gasteiger partial charge on any atom is -0.387 e. The van der Waals surface area contributed by atoms with Crippen LogP contribution in [0.3, 0.4) is 0 Å². The van der Waals surface area contributed by atoms with Gasteiger partial charge < -0.3 is 10.0 Å². The van der Waals surface area contributed by atoms with Gasteiger partial charge in [0.05, 0.1) is 11.8 Å². The van der Waals surface area contributed by atoms with Crippen LogP contribution in [0.1, 0.15) is 63.7 Å². The summed E-state index contributed by atoms with van der Waals surface area (Å²) in [6, 6.07) is 0. The van der Waals surface area contributed by atoms with Crippen molar-refractivity contribution in [2.24, 2.45) is 5.41 Å². The minimum absolute atomic E-state index is 0.445. The van der Waals surface area contributed by atoms with Gasteiger partial charge in [0, 0.05) is 18.5 Å². The van der Waals surface area contributed by atoms with Gasteiger partial charge in [-0.1, -0.05) is 19.3 Å². The molecule has 1 saturated carbocycles. The summed E-state index contributed by atoms with van der Waals surface area (Å²) in [5.74, 6) is 0. The smallest absolute Gasteiger partial charge is 0.185 e. The number of nitrogens with zero attached hydrogens (tertiary/aromatic N) is 2. The molecule has 1 atom stereocenters. The van der Waals surface area contributed by atoms with E-state index >= 15 is 0 Å². The number of anilines is 1. The van der Waals surface area contributed by atoms with E-state index in [0.717, 1.165) is 23.9 Å². The van der Waals surface area contributed by atoms with Crippen molar-refractivity contribution in [3.8, 4) is 0 Å². The zero-order chi connectivity index (χ0) is 13.3. The average molecular weight is 280 g/mol. The number of rotatable bonds is 2. The van der Waals surface area contributed by atoms with Crippen LogP contribution in [0.2, 0.25) is 0 Å². The van der Waals surface area contributed by atoms with E-state index in [1.165, 1.54) is 44.9 Å². The van der Waals surface area contributed by atoms with Crippen LogP contribution in [0.15, 0.2) is 5.38 Å². The number of aromatic nitrogens is 1. The first kappa shape index (κ1) is 13.4. The molecule has 1 N–H and O–H groups in total. The Bertz CT molecular complexity index is 414. The van der Waals surface area contributed by atoms with E-state index in [1.807, 2.05) is 5.38 Å². The van der Waals surface area contributed by atoms with Crippen molar-refractivity contribution in [1.82, 2.24) is 4.98 Å². The van der Waals surface area contributed by atoms with Crippen molar-refractivity contribution in [2.45, 2.75) is 58.0 Å². The van der Waals surface area contributed by atoms with E-state index in [-0.39, 0.29) is 0 Å². The Morgan fingerprint density at radius 2 is 1.89 bits per heavy atom. The maximum atomic E-state index is 9.56. The fourth-order valence-corrected chi connectivity index (χ4v) is 4.55. The van der Waals surface area contributed by atoms with Gasteiger partial charge in [-0.2, -0.15) is 0 Å². The Kier molecular flexibility index (Phi) is 3.81. The molecule has 1 aromatic heterocycles. The number of aliphatic hydroxyl groups excluding tert-OH is 1. The summed E-state index contributed by atoms with van der Waals surface area (Å²) in [7, 11) is 0. The van der Waals surface area contributed by atoms with Gasteiger partial charge in [0.25, 0.3) is 0 Å². The van der Waals surface area contributed by atoms with Gasteiger partial charge in [0.1, 0.15) is 0 Å². The Labute approximate surface area is 119 Å². The highest BCUT2D eigenvalue weighted by Crippen LogP contribution is 2.45. The highest BCUT2D eigenvalue weighted by molar-refractivity contribution is 7.13. The second-order valence-electron chi connectivity index (χ2n) is 6.28. The second-order valence-corrected chi connectivity index (χ2v) is 7.12. The highest BCUT2D eigenvalue weighted by atomic mass is 32.1. The summed E-state index contributed by atoms with van der Waals surface area (Å²) in [5, 5.41) is 12.6. The van der Waals surface area contributed by atoms with Crippen LogP contribution in [0.4, 0.5) is 5.13 Å². The van der Waals surface area contributed by atoms with Crippen molar-refractivity contribution < 1.29 is 5.11 Å². The Morgan fingerprint density at radius 3 is 2.47 bits per heavy atom. The third kappa shape index (κ3) is 2.79. The molecule has 1 aliphatic carbocycles. The molecule has 2 heterocycles. The van der Waals surface area contributed by atoms with Crippen molar-refractivity contribution in [1.29, 1.82) is 0 Å². The van der Waals surface area contributed by atoms with Crippen LogP contribution in [-0.4, -0.2) is 23.2 Å². The number of aliphatic hydroxyl groups is 1. The summed E-state index contributed by atoms with van der Waals surface area (Å²) in [6.45, 7) is 4.07. The quantitative estimate of drug-likeness (QED) is 0.896. The third-order valence-electron chi connectivity index (χ3n) is 4.95. The first-order valence-corrected chi connectivity index (χ1v) is 8.45. The molecule has 0 aromatic carbocycles. The zero-order valence-corrected chi connectivity index (χ0v) is 12.6. The number of hydrogen-bond donors (Lipinski definition) is 1. The molecule has 1 aliphatic heterocycles. The number of hydrogen-bond acceptors (Lipinski definition) is 4. The maximum absolute atomic E-state index is 9.56. The molecular weight excluding hydrogens is 256 g/mol. The van der Waals surface area contributed by atoms with Gasteiger partial charge in [0.15, 0.2) is 5.13 Å². The molecule has 2 aliphatic rings. The van der Waals surface area contributed by atoms with E-state index in [4.69, 9.17) is 0 Å². The SMILES string of the molecule is CC(O)c1csc(N2CCC3(CCCCC3)CC2)n1. The predicted octanol–water partition coefficient (Wildman–Crippen LogP) is 3.75. The average Bonchev–Trinajstić information content (AvgIpc) is 2.90. The lowest BCUT2D eigenvalue weighted by Crippen LogP contribution is -2.41. The van der Waals surface area contributed by atoms with Crippen molar-refractivity contribution in [3.63, 3.8) is 0 Å². The molecule has 19 heavy (non-hydrogen) atoms. The van der Waals surface area contributed by atoms with E-state index in [2.05, 4.69) is 9.88 Å². The molecular formula is C15H24N2OS. The van der Waals surface area contributed by atoms with Crippen molar-refractivity contribution in [2.75, 3.05) is 18.0 Å². The normalized spacial score (nSPS) is 24.6. The molecule has 1 saturated heterocycles. The molecule has 0 radical (unpaired) electrons. The highest BCUT2D eigenvalue weighted by Gasteiger charge is 2.36. The molecule has 0 amide bonds. The van der Waals surface area contributed by atoms with Gasteiger partial charge in [-0.15, -0.1) is 11.3 Å². The first-order chi connectivity index (χ1) is 9.19. The topological polar surface area (TPSA) is 36.4 Å². The monoisotopic (exact) mass is 280 g/mol. The van der Waals surface area contributed by atoms with Gasteiger partial charge in [0.2, 0.25) is 0 Å². The fraction of sp³-hybridized carbons (Fsp3) is 0.800. The zero-order valence-electron chi connectivity index (χ0n) is 11.8. The van der Waals surface area contributed by atoms with Gasteiger partial charge in [-0.3, -0.25) is 0 Å². The fourth-order valence-electron chi connectivity index (χ4n) is 3.59. The first-order valence-electron chi connectivity index (χ1n) is 7.57. The molecule has 1 unspecified atom stereocenters. The van der Waals surface area contributed by atoms with Crippen LogP contribution < -0.4 is 4.90 Å². The van der Waals surface area contributed by atoms with Gasteiger partial charge in [-0.05, 0) is 38.0 Å². The molecule has 4 heteroatoms. The number of piperidine rings is 1. The molecule has 2 fully saturated rings. The second kappa shape index (κ2) is 5.41. The van der Waals surface area contributed by atoms with Crippen molar-refractivity contribution >= 4 is 16.5 Å². The molecule has 106 valence electrons. The Hall–Kier alpha value is -0.610. The largest absolute Gasteiger partial charge is 0.387 e. The maximum Gasteiger partial charge on any atom is 0.185 e. The molecule has 1 aromatic rings. The summed E-state index contributed by atoms with van der Waals surface area (Å²) < 4.78 is 0. The van der Waals surface area contributed by atoms with Crippen LogP contribution in [0, 0.1) is 5.41 Å².